The summed E-state index contributed by atoms with van der Waals surface area (Å²) in [6.07, 6.45) is 4.94. The lowest BCUT2D eigenvalue weighted by Gasteiger charge is -2.25. The molecule has 0 aliphatic carbocycles. The summed E-state index contributed by atoms with van der Waals surface area (Å²) in [6.45, 7) is 14.5. The van der Waals surface area contributed by atoms with Gasteiger partial charge in [-0.25, -0.2) is 0 Å². The van der Waals surface area contributed by atoms with Gasteiger partial charge in [0.25, 0.3) is 11.8 Å². The molecule has 0 aromatic carbocycles. The summed E-state index contributed by atoms with van der Waals surface area (Å²) in [5, 5.41) is 0. The van der Waals surface area contributed by atoms with Crippen LogP contribution in [0.1, 0.15) is 46.5 Å². The molecule has 2 aliphatic heterocycles. The molecular formula is C36H63N3O13. The van der Waals surface area contributed by atoms with Crippen LogP contribution in [-0.2, 0) is 61.8 Å². The predicted octanol–water partition coefficient (Wildman–Crippen LogP) is 1.09. The Kier molecular flexibility index (Phi) is 25.3. The summed E-state index contributed by atoms with van der Waals surface area (Å²) >= 11 is 0. The number of nitrogens with zero attached hydrogens (tertiary/aromatic N) is 3. The average molecular weight is 746 g/mol. The van der Waals surface area contributed by atoms with E-state index in [1.165, 1.54) is 17.1 Å². The third-order valence-corrected chi connectivity index (χ3v) is 7.65. The maximum absolute atomic E-state index is 13.0. The lowest BCUT2D eigenvalue weighted by molar-refractivity contribution is -0.156. The first-order valence-corrected chi connectivity index (χ1v) is 18.5. The Balaban J connectivity index is 1.71. The molecule has 0 unspecified atom stereocenters. The smallest absolute Gasteiger partial charge is 0.320 e. The topological polar surface area (TPSA) is 161 Å². The molecule has 0 bridgehead atoms. The van der Waals surface area contributed by atoms with E-state index >= 15 is 0 Å². The summed E-state index contributed by atoms with van der Waals surface area (Å²) in [4.78, 5) is 53.7. The van der Waals surface area contributed by atoms with Crippen molar-refractivity contribution in [1.29, 1.82) is 0 Å². The highest BCUT2D eigenvalue weighted by molar-refractivity contribution is 6.12. The lowest BCUT2D eigenvalue weighted by atomic mass is 10.1. The van der Waals surface area contributed by atoms with Crippen molar-refractivity contribution in [3.63, 3.8) is 0 Å². The van der Waals surface area contributed by atoms with Gasteiger partial charge in [0.15, 0.2) is 0 Å². The van der Waals surface area contributed by atoms with E-state index in [1.54, 1.807) is 4.90 Å². The van der Waals surface area contributed by atoms with Crippen molar-refractivity contribution >= 4 is 23.7 Å². The number of amides is 3. The molecule has 52 heavy (non-hydrogen) atoms. The van der Waals surface area contributed by atoms with Crippen molar-refractivity contribution in [1.82, 2.24) is 14.7 Å². The number of esters is 1. The molecule has 0 spiro atoms. The van der Waals surface area contributed by atoms with Crippen molar-refractivity contribution in [2.75, 3.05) is 145 Å². The maximum atomic E-state index is 13.0. The zero-order valence-electron chi connectivity index (χ0n) is 31.7. The van der Waals surface area contributed by atoms with Crippen LogP contribution >= 0.6 is 0 Å². The second-order valence-corrected chi connectivity index (χ2v) is 13.1. The molecule has 2 rings (SSSR count). The van der Waals surface area contributed by atoms with Crippen LogP contribution in [0, 0.1) is 0 Å². The van der Waals surface area contributed by atoms with Gasteiger partial charge in [-0.2, -0.15) is 0 Å². The van der Waals surface area contributed by atoms with Crippen LogP contribution in [0.15, 0.2) is 12.2 Å². The molecule has 16 heteroatoms. The van der Waals surface area contributed by atoms with E-state index in [-0.39, 0.29) is 30.2 Å². The summed E-state index contributed by atoms with van der Waals surface area (Å²) in [5.41, 5.74) is -0.556. The van der Waals surface area contributed by atoms with Crippen molar-refractivity contribution in [2.24, 2.45) is 0 Å². The summed E-state index contributed by atoms with van der Waals surface area (Å²) in [7, 11) is 0. The fourth-order valence-electron chi connectivity index (χ4n) is 4.98. The fourth-order valence-corrected chi connectivity index (χ4v) is 4.98. The van der Waals surface area contributed by atoms with Crippen molar-refractivity contribution < 1.29 is 61.8 Å². The Labute approximate surface area is 309 Å². The first kappa shape index (κ1) is 45.6. The van der Waals surface area contributed by atoms with Crippen LogP contribution < -0.4 is 0 Å². The minimum absolute atomic E-state index is 0.000984. The van der Waals surface area contributed by atoms with Gasteiger partial charge < -0.3 is 47.5 Å². The van der Waals surface area contributed by atoms with Crippen LogP contribution in [-0.4, -0.2) is 189 Å². The minimum atomic E-state index is -0.556. The van der Waals surface area contributed by atoms with E-state index in [2.05, 4.69) is 0 Å². The third-order valence-electron chi connectivity index (χ3n) is 7.65. The molecule has 2 aliphatic rings. The number of unbranched alkanes of at least 4 members (excludes halogenated alkanes) is 2. The normalized spacial score (nSPS) is 20.8. The zero-order chi connectivity index (χ0) is 37.7. The fraction of sp³-hybridized carbons (Fsp3) is 0.833. The first-order chi connectivity index (χ1) is 25.2. The number of carbonyl (C=O) groups is 4. The number of imide groups is 1. The highest BCUT2D eigenvalue weighted by atomic mass is 16.6. The van der Waals surface area contributed by atoms with Crippen molar-refractivity contribution in [3.8, 4) is 0 Å². The monoisotopic (exact) mass is 745 g/mol. The van der Waals surface area contributed by atoms with Gasteiger partial charge in [-0.3, -0.25) is 29.0 Å². The summed E-state index contributed by atoms with van der Waals surface area (Å²) in [5.74, 6) is -0.869. The van der Waals surface area contributed by atoms with E-state index in [9.17, 15) is 19.2 Å². The van der Waals surface area contributed by atoms with Crippen LogP contribution in [0.4, 0.5) is 0 Å². The van der Waals surface area contributed by atoms with Crippen LogP contribution in [0.25, 0.3) is 0 Å². The Hall–Kier alpha value is -2.54. The van der Waals surface area contributed by atoms with E-state index < -0.39 is 5.60 Å². The molecule has 0 N–H and O–H groups in total. The van der Waals surface area contributed by atoms with Crippen LogP contribution in [0.2, 0.25) is 0 Å². The summed E-state index contributed by atoms with van der Waals surface area (Å²) in [6, 6.07) is 0. The molecule has 2 heterocycles. The largest absolute Gasteiger partial charge is 0.459 e. The molecule has 0 aromatic heterocycles. The van der Waals surface area contributed by atoms with E-state index in [0.29, 0.717) is 158 Å². The Morgan fingerprint density at radius 2 is 0.962 bits per heavy atom. The third kappa shape index (κ3) is 23.9. The molecule has 300 valence electrons. The number of hydrogen-bond acceptors (Lipinski definition) is 14. The molecule has 0 atom stereocenters. The second-order valence-electron chi connectivity index (χ2n) is 13.1. The van der Waals surface area contributed by atoms with Gasteiger partial charge >= 0.3 is 5.97 Å². The van der Waals surface area contributed by atoms with Crippen LogP contribution in [0.5, 0.6) is 0 Å². The van der Waals surface area contributed by atoms with Gasteiger partial charge in [0, 0.05) is 51.3 Å². The molecule has 1 saturated heterocycles. The van der Waals surface area contributed by atoms with Gasteiger partial charge in [-0.05, 0) is 33.6 Å². The second kappa shape index (κ2) is 28.9. The molecule has 3 amide bonds. The van der Waals surface area contributed by atoms with Gasteiger partial charge in [-0.1, -0.05) is 6.42 Å². The predicted molar refractivity (Wildman–Crippen MR) is 190 cm³/mol. The standard InChI is InChI=1S/C36H63N3O13/c1-36(2,3)52-35(43)31-37-11-15-44-19-23-48-27-29-50-25-21-46-17-13-38(14-18-47-22-26-51-30-28-49-24-20-45-16-12-37)32(40)7-5-4-6-10-39-33(41)8-9-34(39)42/h8-9H,4-7,10-31H2,1-3H3. The SMILES string of the molecule is CC(C)(C)OC(=O)CN1CCOCCOCCOCCOCCN(C(=O)CCCCCN2C(=O)C=CC2=O)CCOCCOCCOCCOCC1. The highest BCUT2D eigenvalue weighted by Gasteiger charge is 2.22. The number of carbonyl (C=O) groups excluding carboxylic acids is 4. The lowest BCUT2D eigenvalue weighted by Crippen LogP contribution is -2.38. The molecule has 0 aromatic rings. The first-order valence-electron chi connectivity index (χ1n) is 18.5. The maximum Gasteiger partial charge on any atom is 0.320 e. The van der Waals surface area contributed by atoms with Gasteiger partial charge in [0.1, 0.15) is 5.60 Å². The Morgan fingerprint density at radius 3 is 1.37 bits per heavy atom. The number of ether oxygens (including phenoxy) is 9. The van der Waals surface area contributed by atoms with E-state index in [0.717, 1.165) is 6.42 Å². The molecule has 0 saturated carbocycles. The van der Waals surface area contributed by atoms with Gasteiger partial charge in [-0.15, -0.1) is 0 Å². The van der Waals surface area contributed by atoms with Crippen molar-refractivity contribution in [3.05, 3.63) is 12.2 Å². The van der Waals surface area contributed by atoms with Gasteiger partial charge in [0.05, 0.1) is 112 Å². The Morgan fingerprint density at radius 1 is 0.577 bits per heavy atom. The Bertz CT molecular complexity index is 974. The zero-order valence-corrected chi connectivity index (χ0v) is 31.7. The van der Waals surface area contributed by atoms with E-state index in [1.807, 2.05) is 25.7 Å². The van der Waals surface area contributed by atoms with Gasteiger partial charge in [0.2, 0.25) is 5.91 Å². The number of rotatable bonds is 8. The molecule has 1 fully saturated rings. The average Bonchev–Trinajstić information content (AvgIpc) is 3.41. The molecule has 0 radical (unpaired) electrons. The van der Waals surface area contributed by atoms with Crippen LogP contribution in [0.3, 0.4) is 0 Å². The van der Waals surface area contributed by atoms with Crippen molar-refractivity contribution in [2.45, 2.75) is 52.1 Å². The summed E-state index contributed by atoms with van der Waals surface area (Å²) < 4.78 is 50.7. The molecule has 16 nitrogen and oxygen atoms in total. The molecular weight excluding hydrogens is 682 g/mol. The number of hydrogen-bond donors (Lipinski definition) is 0. The van der Waals surface area contributed by atoms with E-state index in [4.69, 9.17) is 42.6 Å². The minimum Gasteiger partial charge on any atom is -0.459 e. The highest BCUT2D eigenvalue weighted by Crippen LogP contribution is 2.10. The quantitative estimate of drug-likeness (QED) is 0.197.